The molecule has 1 rings (SSSR count). The number of allylic oxidation sites excluding steroid dienone is 3. The number of benzene rings is 1. The first-order chi connectivity index (χ1) is 9.58. The first-order valence-electron chi connectivity index (χ1n) is 5.94. The molecule has 0 saturated heterocycles. The fraction of sp³-hybridized carbons (Fsp3) is 0.133. The Morgan fingerprint density at radius 3 is 2.50 bits per heavy atom. The van der Waals surface area contributed by atoms with Gasteiger partial charge in [-0.05, 0) is 35.9 Å². The number of carboxylic acid groups (broad SMARTS) is 1. The molecular formula is C15H17N3O2. The molecule has 0 aliphatic heterocycles. The van der Waals surface area contributed by atoms with Crippen molar-refractivity contribution in [2.75, 3.05) is 19.1 Å². The Bertz CT molecular complexity index is 557. The summed E-state index contributed by atoms with van der Waals surface area (Å²) >= 11 is 0. The van der Waals surface area contributed by atoms with E-state index in [4.69, 9.17) is 5.11 Å². The van der Waals surface area contributed by atoms with E-state index in [0.717, 1.165) is 11.3 Å². The number of anilines is 1. The Labute approximate surface area is 118 Å². The zero-order chi connectivity index (χ0) is 15.0. The van der Waals surface area contributed by atoms with Crippen molar-refractivity contribution in [2.45, 2.75) is 0 Å². The Balaban J connectivity index is 2.82. The molecule has 5 nitrogen and oxygen atoms in total. The van der Waals surface area contributed by atoms with Crippen LogP contribution >= 0.6 is 0 Å². The lowest BCUT2D eigenvalue weighted by atomic mass is 10.2. The first kappa shape index (κ1) is 15.4. The number of nitrogens with zero attached hydrogens (tertiary/aromatic N) is 3. The largest absolute Gasteiger partial charge is 0.478 e. The summed E-state index contributed by atoms with van der Waals surface area (Å²) in [5.74, 6) is -0.946. The number of aliphatic imine (C=N–C) groups is 1. The Hall–Kier alpha value is -2.69. The van der Waals surface area contributed by atoms with Gasteiger partial charge in [0.15, 0.2) is 0 Å². The second kappa shape index (κ2) is 7.68. The molecule has 0 radical (unpaired) electrons. The van der Waals surface area contributed by atoms with Gasteiger partial charge in [0, 0.05) is 20.3 Å². The third kappa shape index (κ3) is 4.53. The molecule has 0 saturated carbocycles. The van der Waals surface area contributed by atoms with Gasteiger partial charge in [0.2, 0.25) is 0 Å². The SMILES string of the molecule is C=CC(/C=N/N(C)c1ccc(C(=O)O)cc1)=C\C=NC. The van der Waals surface area contributed by atoms with Crippen molar-refractivity contribution in [1.29, 1.82) is 0 Å². The zero-order valence-electron chi connectivity index (χ0n) is 11.5. The van der Waals surface area contributed by atoms with Crippen molar-refractivity contribution in [3.8, 4) is 0 Å². The van der Waals surface area contributed by atoms with Gasteiger partial charge in [-0.3, -0.25) is 10.0 Å². The standard InChI is InChI=1S/C15H17N3O2/c1-4-12(9-10-16-2)11-17-18(3)14-7-5-13(6-8-14)15(19)20/h4-11H,1H2,2-3H3,(H,19,20)/b12-9+,16-10?,17-11+. The van der Waals surface area contributed by atoms with E-state index in [9.17, 15) is 4.79 Å². The molecule has 0 amide bonds. The second-order valence-corrected chi connectivity index (χ2v) is 3.90. The topological polar surface area (TPSA) is 65.3 Å². The van der Waals surface area contributed by atoms with E-state index in [1.165, 1.54) is 12.1 Å². The van der Waals surface area contributed by atoms with Gasteiger partial charge in [0.05, 0.1) is 17.5 Å². The maximum Gasteiger partial charge on any atom is 0.335 e. The predicted molar refractivity (Wildman–Crippen MR) is 83.0 cm³/mol. The fourth-order valence-electron chi connectivity index (χ4n) is 1.36. The summed E-state index contributed by atoms with van der Waals surface area (Å²) in [5, 5.41) is 14.7. The Kier molecular flexibility index (Phi) is 5.90. The van der Waals surface area contributed by atoms with E-state index in [1.54, 1.807) is 55.8 Å². The molecule has 0 heterocycles. The van der Waals surface area contributed by atoms with E-state index in [0.29, 0.717) is 0 Å². The van der Waals surface area contributed by atoms with Crippen LogP contribution in [0.15, 0.2) is 58.7 Å². The maximum absolute atomic E-state index is 10.8. The number of carbonyl (C=O) groups is 1. The number of rotatable bonds is 6. The molecule has 0 aliphatic rings. The van der Waals surface area contributed by atoms with E-state index < -0.39 is 5.97 Å². The van der Waals surface area contributed by atoms with Gasteiger partial charge in [0.25, 0.3) is 0 Å². The van der Waals surface area contributed by atoms with Crippen molar-refractivity contribution in [3.05, 3.63) is 54.1 Å². The maximum atomic E-state index is 10.8. The molecule has 0 spiro atoms. The number of aromatic carboxylic acids is 1. The minimum Gasteiger partial charge on any atom is -0.478 e. The molecule has 0 aromatic heterocycles. The fourth-order valence-corrected chi connectivity index (χ4v) is 1.36. The van der Waals surface area contributed by atoms with E-state index in [2.05, 4.69) is 16.7 Å². The minimum atomic E-state index is -0.946. The van der Waals surface area contributed by atoms with Crippen LogP contribution in [-0.2, 0) is 0 Å². The van der Waals surface area contributed by atoms with Gasteiger partial charge in [-0.2, -0.15) is 5.10 Å². The quantitative estimate of drug-likeness (QED) is 0.491. The van der Waals surface area contributed by atoms with Crippen LogP contribution in [0.25, 0.3) is 0 Å². The Morgan fingerprint density at radius 2 is 2.00 bits per heavy atom. The Morgan fingerprint density at radius 1 is 1.35 bits per heavy atom. The minimum absolute atomic E-state index is 0.247. The summed E-state index contributed by atoms with van der Waals surface area (Å²) in [6, 6.07) is 6.48. The summed E-state index contributed by atoms with van der Waals surface area (Å²) in [7, 11) is 3.46. The lowest BCUT2D eigenvalue weighted by molar-refractivity contribution is 0.0697. The predicted octanol–water partition coefficient (Wildman–Crippen LogP) is 2.62. The van der Waals surface area contributed by atoms with E-state index in [1.807, 2.05) is 0 Å². The highest BCUT2D eigenvalue weighted by molar-refractivity contribution is 5.90. The van der Waals surface area contributed by atoms with Crippen LogP contribution in [0.5, 0.6) is 0 Å². The number of hydrazone groups is 1. The lowest BCUT2D eigenvalue weighted by Crippen LogP contribution is -2.09. The molecule has 1 aromatic carbocycles. The molecule has 20 heavy (non-hydrogen) atoms. The second-order valence-electron chi connectivity index (χ2n) is 3.90. The van der Waals surface area contributed by atoms with E-state index >= 15 is 0 Å². The molecule has 0 aliphatic carbocycles. The normalized spacial score (nSPS) is 12.0. The van der Waals surface area contributed by atoms with Gasteiger partial charge in [-0.15, -0.1) is 0 Å². The number of carboxylic acids is 1. The highest BCUT2D eigenvalue weighted by Gasteiger charge is 2.03. The third-order valence-corrected chi connectivity index (χ3v) is 2.52. The zero-order valence-corrected chi connectivity index (χ0v) is 11.5. The van der Waals surface area contributed by atoms with Crippen molar-refractivity contribution in [3.63, 3.8) is 0 Å². The van der Waals surface area contributed by atoms with Crippen LogP contribution in [0.3, 0.4) is 0 Å². The lowest BCUT2D eigenvalue weighted by Gasteiger charge is -2.12. The molecule has 0 bridgehead atoms. The van der Waals surface area contributed by atoms with Crippen LogP contribution in [0.1, 0.15) is 10.4 Å². The van der Waals surface area contributed by atoms with Crippen molar-refractivity contribution < 1.29 is 9.90 Å². The van der Waals surface area contributed by atoms with Crippen molar-refractivity contribution >= 4 is 24.1 Å². The van der Waals surface area contributed by atoms with Crippen molar-refractivity contribution in [2.24, 2.45) is 10.1 Å². The molecule has 0 unspecified atom stereocenters. The first-order valence-corrected chi connectivity index (χ1v) is 5.94. The summed E-state index contributed by atoms with van der Waals surface area (Å²) in [6.45, 7) is 3.69. The van der Waals surface area contributed by atoms with Gasteiger partial charge >= 0.3 is 5.97 Å². The highest BCUT2D eigenvalue weighted by atomic mass is 16.4. The van der Waals surface area contributed by atoms with Crippen LogP contribution < -0.4 is 5.01 Å². The molecule has 0 fully saturated rings. The monoisotopic (exact) mass is 271 g/mol. The molecular weight excluding hydrogens is 254 g/mol. The molecule has 104 valence electrons. The third-order valence-electron chi connectivity index (χ3n) is 2.52. The number of hydrogen-bond donors (Lipinski definition) is 1. The molecule has 5 heteroatoms. The smallest absolute Gasteiger partial charge is 0.335 e. The highest BCUT2D eigenvalue weighted by Crippen LogP contribution is 2.14. The van der Waals surface area contributed by atoms with Gasteiger partial charge < -0.3 is 5.11 Å². The molecule has 1 N–H and O–H groups in total. The van der Waals surface area contributed by atoms with Gasteiger partial charge in [-0.25, -0.2) is 4.79 Å². The summed E-state index contributed by atoms with van der Waals surface area (Å²) < 4.78 is 0. The average Bonchev–Trinajstić information content (AvgIpc) is 2.47. The van der Waals surface area contributed by atoms with Crippen LogP contribution in [0, 0.1) is 0 Å². The summed E-state index contributed by atoms with van der Waals surface area (Å²) in [4.78, 5) is 14.6. The summed E-state index contributed by atoms with van der Waals surface area (Å²) in [6.07, 6.45) is 6.77. The molecule has 0 atom stereocenters. The van der Waals surface area contributed by atoms with Gasteiger partial charge in [0.1, 0.15) is 0 Å². The average molecular weight is 271 g/mol. The van der Waals surface area contributed by atoms with Crippen LogP contribution in [0.2, 0.25) is 0 Å². The van der Waals surface area contributed by atoms with Crippen LogP contribution in [0.4, 0.5) is 5.69 Å². The van der Waals surface area contributed by atoms with E-state index in [-0.39, 0.29) is 5.56 Å². The summed E-state index contributed by atoms with van der Waals surface area (Å²) in [5.41, 5.74) is 1.86. The van der Waals surface area contributed by atoms with Gasteiger partial charge in [-0.1, -0.05) is 12.7 Å². The molecule has 1 aromatic rings. The number of hydrogen-bond acceptors (Lipinski definition) is 4. The van der Waals surface area contributed by atoms with Crippen LogP contribution in [-0.4, -0.2) is 37.6 Å². The van der Waals surface area contributed by atoms with Crippen molar-refractivity contribution in [1.82, 2.24) is 0 Å².